The number of benzene rings is 1. The van der Waals surface area contributed by atoms with Crippen LogP contribution in [0, 0.1) is 5.41 Å². The average molecular weight is 527 g/mol. The van der Waals surface area contributed by atoms with Gasteiger partial charge in [0, 0.05) is 25.5 Å². The predicted molar refractivity (Wildman–Crippen MR) is 128 cm³/mol. The van der Waals surface area contributed by atoms with Crippen LogP contribution in [0.5, 0.6) is 0 Å². The van der Waals surface area contributed by atoms with Crippen LogP contribution in [0.2, 0.25) is 0 Å². The number of aryl methyl sites for hydroxylation is 1. The van der Waals surface area contributed by atoms with Crippen molar-refractivity contribution >= 4 is 27.7 Å². The lowest BCUT2D eigenvalue weighted by molar-refractivity contribution is -0.157. The van der Waals surface area contributed by atoms with Gasteiger partial charge in [-0.05, 0) is 30.4 Å². The lowest BCUT2D eigenvalue weighted by atomic mass is 9.70. The first-order valence-corrected chi connectivity index (χ1v) is 12.9. The van der Waals surface area contributed by atoms with Gasteiger partial charge in [-0.15, -0.1) is 10.2 Å². The molecular formula is C22H28F2N6O5S. The summed E-state index contributed by atoms with van der Waals surface area (Å²) >= 11 is 0. The first kappa shape index (κ1) is 27.2. The van der Waals surface area contributed by atoms with Crippen LogP contribution in [0.3, 0.4) is 0 Å². The molecule has 11 nitrogen and oxygen atoms in total. The van der Waals surface area contributed by atoms with Crippen molar-refractivity contribution in [3.05, 3.63) is 54.1 Å². The number of alkyl halides is 2. The van der Waals surface area contributed by atoms with E-state index in [0.29, 0.717) is 17.7 Å². The van der Waals surface area contributed by atoms with Gasteiger partial charge >= 0.3 is 6.09 Å². The van der Waals surface area contributed by atoms with E-state index in [1.54, 1.807) is 16.8 Å². The minimum atomic E-state index is -3.67. The molecule has 14 heteroatoms. The number of hydrogen-bond acceptors (Lipinski definition) is 7. The first-order chi connectivity index (χ1) is 16.9. The number of likely N-dealkylation sites (tertiary alicyclic amines) is 1. The van der Waals surface area contributed by atoms with E-state index in [1.165, 1.54) is 6.33 Å². The summed E-state index contributed by atoms with van der Waals surface area (Å²) in [4.78, 5) is 16.4. The molecule has 3 aromatic rings. The lowest BCUT2D eigenvalue weighted by Gasteiger charge is -2.47. The number of aromatic nitrogens is 4. The van der Waals surface area contributed by atoms with Crippen molar-refractivity contribution in [2.75, 3.05) is 31.2 Å². The summed E-state index contributed by atoms with van der Waals surface area (Å²) in [7, 11) is -3.67. The maximum atomic E-state index is 15.6. The van der Waals surface area contributed by atoms with Gasteiger partial charge in [0.15, 0.2) is 5.82 Å². The van der Waals surface area contributed by atoms with E-state index in [2.05, 4.69) is 20.5 Å². The SMILES string of the molecule is CCc1ccccc1CC1(CNc2nccn3cnnc23)CCN(C(=O)O)CC1(F)F.CS(=O)(=O)O. The van der Waals surface area contributed by atoms with Gasteiger partial charge in [0.05, 0.1) is 18.2 Å². The van der Waals surface area contributed by atoms with Crippen LogP contribution in [0.1, 0.15) is 24.5 Å². The Kier molecular flexibility index (Phi) is 8.09. The Morgan fingerprint density at radius 1 is 1.25 bits per heavy atom. The van der Waals surface area contributed by atoms with Gasteiger partial charge < -0.3 is 15.3 Å². The smallest absolute Gasteiger partial charge is 0.407 e. The zero-order chi connectivity index (χ0) is 26.6. The van der Waals surface area contributed by atoms with Crippen LogP contribution in [0.15, 0.2) is 43.0 Å². The Labute approximate surface area is 206 Å². The summed E-state index contributed by atoms with van der Waals surface area (Å²) in [6.07, 6.45) is 4.99. The van der Waals surface area contributed by atoms with Gasteiger partial charge in [0.1, 0.15) is 6.33 Å². The lowest BCUT2D eigenvalue weighted by Crippen LogP contribution is -2.60. The molecule has 1 fully saturated rings. The predicted octanol–water partition coefficient (Wildman–Crippen LogP) is 2.85. The molecule has 1 saturated heterocycles. The van der Waals surface area contributed by atoms with E-state index in [4.69, 9.17) is 4.55 Å². The number of anilines is 1. The third-order valence-electron chi connectivity index (χ3n) is 6.13. The highest BCUT2D eigenvalue weighted by atomic mass is 32.2. The number of halogens is 2. The summed E-state index contributed by atoms with van der Waals surface area (Å²) in [6.45, 7) is 1.13. The van der Waals surface area contributed by atoms with E-state index >= 15 is 8.78 Å². The normalized spacial score (nSPS) is 19.4. The molecule has 36 heavy (non-hydrogen) atoms. The molecule has 4 rings (SSSR count). The molecule has 1 aromatic carbocycles. The molecule has 1 aliphatic heterocycles. The fourth-order valence-electron chi connectivity index (χ4n) is 4.26. The average Bonchev–Trinajstić information content (AvgIpc) is 3.28. The van der Waals surface area contributed by atoms with Crippen molar-refractivity contribution in [2.24, 2.45) is 5.41 Å². The van der Waals surface area contributed by atoms with Gasteiger partial charge in [-0.2, -0.15) is 8.42 Å². The van der Waals surface area contributed by atoms with Crippen molar-refractivity contribution in [1.29, 1.82) is 0 Å². The van der Waals surface area contributed by atoms with Crippen LogP contribution >= 0.6 is 0 Å². The molecule has 1 unspecified atom stereocenters. The van der Waals surface area contributed by atoms with E-state index in [9.17, 15) is 18.3 Å². The second-order valence-corrected chi connectivity index (χ2v) is 10.1. The standard InChI is InChI=1S/C21H24F2N6O2.CH4O3S/c1-2-15-5-3-4-6-16(15)11-20(7-9-28(19(30)31)13-21(20,22)23)12-25-17-18-27-26-14-29(18)10-8-24-17;1-5(2,3)4/h3-6,8,10,14H,2,7,9,11-13H2,1H3,(H,24,25)(H,30,31);1H3,(H,2,3,4). The van der Waals surface area contributed by atoms with Crippen molar-refractivity contribution in [3.63, 3.8) is 0 Å². The van der Waals surface area contributed by atoms with Gasteiger partial charge in [-0.3, -0.25) is 8.95 Å². The fraction of sp³-hybridized carbons (Fsp3) is 0.455. The van der Waals surface area contributed by atoms with Crippen LogP contribution in [0.25, 0.3) is 5.65 Å². The monoisotopic (exact) mass is 526 g/mol. The van der Waals surface area contributed by atoms with E-state index in [1.807, 2.05) is 31.2 Å². The molecule has 1 atom stereocenters. The molecule has 2 aromatic heterocycles. The Morgan fingerprint density at radius 3 is 2.53 bits per heavy atom. The molecule has 0 radical (unpaired) electrons. The summed E-state index contributed by atoms with van der Waals surface area (Å²) < 4.78 is 58.7. The van der Waals surface area contributed by atoms with Crippen molar-refractivity contribution in [2.45, 2.75) is 32.1 Å². The Morgan fingerprint density at radius 2 is 1.92 bits per heavy atom. The maximum Gasteiger partial charge on any atom is 0.407 e. The van der Waals surface area contributed by atoms with Gasteiger partial charge in [0.2, 0.25) is 5.65 Å². The molecule has 1 aliphatic rings. The number of carboxylic acid groups (broad SMARTS) is 1. The van der Waals surface area contributed by atoms with Crippen LogP contribution < -0.4 is 5.32 Å². The molecule has 3 heterocycles. The molecule has 0 spiro atoms. The summed E-state index contributed by atoms with van der Waals surface area (Å²) in [5.74, 6) is -2.88. The number of nitrogens with zero attached hydrogens (tertiary/aromatic N) is 5. The Bertz CT molecular complexity index is 1310. The van der Waals surface area contributed by atoms with Gasteiger partial charge in [0.25, 0.3) is 16.0 Å². The Balaban J connectivity index is 0.000000658. The quantitative estimate of drug-likeness (QED) is 0.412. The molecule has 0 saturated carbocycles. The second-order valence-electron chi connectivity index (χ2n) is 8.66. The van der Waals surface area contributed by atoms with Crippen LogP contribution in [-0.2, 0) is 23.0 Å². The van der Waals surface area contributed by atoms with Crippen molar-refractivity contribution < 1.29 is 31.7 Å². The minimum absolute atomic E-state index is 0.0210. The third kappa shape index (κ3) is 6.43. The first-order valence-electron chi connectivity index (χ1n) is 11.1. The topological polar surface area (TPSA) is 150 Å². The number of amides is 1. The summed E-state index contributed by atoms with van der Waals surface area (Å²) in [5, 5.41) is 20.2. The summed E-state index contributed by atoms with van der Waals surface area (Å²) in [5.41, 5.74) is 0.816. The number of fused-ring (bicyclic) bond motifs is 1. The zero-order valence-electron chi connectivity index (χ0n) is 19.8. The maximum absolute atomic E-state index is 15.6. The van der Waals surface area contributed by atoms with Crippen molar-refractivity contribution in [1.82, 2.24) is 24.5 Å². The summed E-state index contributed by atoms with van der Waals surface area (Å²) in [6, 6.07) is 7.56. The highest BCUT2D eigenvalue weighted by molar-refractivity contribution is 7.85. The Hall–Kier alpha value is -3.39. The molecule has 196 valence electrons. The molecule has 0 aliphatic carbocycles. The zero-order valence-corrected chi connectivity index (χ0v) is 20.6. The highest BCUT2D eigenvalue weighted by Gasteiger charge is 2.57. The highest BCUT2D eigenvalue weighted by Crippen LogP contribution is 2.47. The second kappa shape index (κ2) is 10.7. The van der Waals surface area contributed by atoms with E-state index < -0.39 is 34.1 Å². The number of hydrogen-bond donors (Lipinski definition) is 3. The van der Waals surface area contributed by atoms with Crippen molar-refractivity contribution in [3.8, 4) is 0 Å². The number of nitrogens with one attached hydrogen (secondary N) is 1. The molecule has 3 N–H and O–H groups in total. The van der Waals surface area contributed by atoms with E-state index in [0.717, 1.165) is 22.4 Å². The third-order valence-corrected chi connectivity index (χ3v) is 6.13. The fourth-order valence-corrected chi connectivity index (χ4v) is 4.26. The number of rotatable bonds is 6. The van der Waals surface area contributed by atoms with E-state index in [-0.39, 0.29) is 25.9 Å². The minimum Gasteiger partial charge on any atom is -0.465 e. The molecular weight excluding hydrogens is 498 g/mol. The van der Waals surface area contributed by atoms with Crippen LogP contribution in [0.4, 0.5) is 19.4 Å². The van der Waals surface area contributed by atoms with Gasteiger partial charge in [-0.1, -0.05) is 31.2 Å². The molecule has 0 bridgehead atoms. The van der Waals surface area contributed by atoms with Crippen LogP contribution in [-0.4, -0.2) is 80.5 Å². The van der Waals surface area contributed by atoms with Gasteiger partial charge in [-0.25, -0.2) is 18.6 Å². The largest absolute Gasteiger partial charge is 0.465 e. The molecule has 1 amide bonds. The number of carbonyl (C=O) groups is 1. The number of piperidine rings is 1.